The Morgan fingerprint density at radius 2 is 1.50 bits per heavy atom. The Morgan fingerprint density at radius 1 is 0.933 bits per heavy atom. The molecule has 11 heteroatoms. The van der Waals surface area contributed by atoms with Gasteiger partial charge < -0.3 is 4.74 Å². The Labute approximate surface area is 178 Å². The molecular formula is C19H28N4O5S2. The summed E-state index contributed by atoms with van der Waals surface area (Å²) >= 11 is 0. The SMILES string of the molecule is CCOc1ccc(S(=O)(=O)N2CCCN(S(=O)(=O)c3c(C)nn(C)c3C)CC2)cc1. The monoisotopic (exact) mass is 456 g/mol. The Hall–Kier alpha value is -1.95. The van der Waals surface area contributed by atoms with E-state index in [1.807, 2.05) is 6.92 Å². The van der Waals surface area contributed by atoms with Crippen molar-refractivity contribution in [3.63, 3.8) is 0 Å². The molecule has 2 heterocycles. The molecule has 9 nitrogen and oxygen atoms in total. The zero-order valence-corrected chi connectivity index (χ0v) is 19.3. The number of hydrogen-bond acceptors (Lipinski definition) is 6. The summed E-state index contributed by atoms with van der Waals surface area (Å²) in [6, 6.07) is 6.28. The molecule has 2 aromatic rings. The molecule has 3 rings (SSSR count). The summed E-state index contributed by atoms with van der Waals surface area (Å²) in [6.07, 6.45) is 0.411. The van der Waals surface area contributed by atoms with Crippen LogP contribution in [0.5, 0.6) is 5.75 Å². The predicted octanol–water partition coefficient (Wildman–Crippen LogP) is 1.52. The van der Waals surface area contributed by atoms with E-state index in [9.17, 15) is 16.8 Å². The third-order valence-electron chi connectivity index (χ3n) is 5.23. The maximum Gasteiger partial charge on any atom is 0.246 e. The molecule has 1 aliphatic rings. The molecule has 0 amide bonds. The van der Waals surface area contributed by atoms with Crippen molar-refractivity contribution in [1.29, 1.82) is 0 Å². The summed E-state index contributed by atoms with van der Waals surface area (Å²) in [4.78, 5) is 0.369. The Morgan fingerprint density at radius 3 is 2.00 bits per heavy atom. The molecule has 0 aliphatic carbocycles. The normalized spacial score (nSPS) is 17.1. The van der Waals surface area contributed by atoms with E-state index in [0.29, 0.717) is 30.2 Å². The standard InChI is InChI=1S/C19H28N4O5S2/c1-5-28-17-7-9-18(10-8-17)29(24,25)22-11-6-12-23(14-13-22)30(26,27)19-15(2)20-21(4)16(19)3/h7-10H,5-6,11-14H2,1-4H3. The van der Waals surface area contributed by atoms with Crippen LogP contribution in [-0.4, -0.2) is 68.0 Å². The second-order valence-corrected chi connectivity index (χ2v) is 11.0. The fourth-order valence-electron chi connectivity index (χ4n) is 3.63. The van der Waals surface area contributed by atoms with Crippen LogP contribution in [0.3, 0.4) is 0 Å². The first-order valence-electron chi connectivity index (χ1n) is 9.82. The Kier molecular flexibility index (Phi) is 6.56. The molecule has 1 saturated heterocycles. The summed E-state index contributed by atoms with van der Waals surface area (Å²) < 4.78 is 62.1. The lowest BCUT2D eigenvalue weighted by atomic mass is 10.3. The summed E-state index contributed by atoms with van der Waals surface area (Å²) in [6.45, 7) is 6.43. The van der Waals surface area contributed by atoms with Gasteiger partial charge in [0.2, 0.25) is 20.0 Å². The molecule has 0 atom stereocenters. The third-order valence-corrected chi connectivity index (χ3v) is 9.29. The van der Waals surface area contributed by atoms with Gasteiger partial charge >= 0.3 is 0 Å². The molecule has 30 heavy (non-hydrogen) atoms. The van der Waals surface area contributed by atoms with Gasteiger partial charge in [0.05, 0.1) is 22.9 Å². The third kappa shape index (κ3) is 4.25. The molecule has 0 radical (unpaired) electrons. The highest BCUT2D eigenvalue weighted by atomic mass is 32.2. The van der Waals surface area contributed by atoms with Crippen molar-refractivity contribution in [1.82, 2.24) is 18.4 Å². The van der Waals surface area contributed by atoms with E-state index < -0.39 is 20.0 Å². The summed E-state index contributed by atoms with van der Waals surface area (Å²) in [5.41, 5.74) is 1.01. The van der Waals surface area contributed by atoms with Crippen molar-refractivity contribution in [3.05, 3.63) is 35.7 Å². The molecule has 0 bridgehead atoms. The molecule has 1 aromatic carbocycles. The Bertz CT molecular complexity index is 1110. The van der Waals surface area contributed by atoms with Gasteiger partial charge in [-0.25, -0.2) is 16.8 Å². The highest BCUT2D eigenvalue weighted by Gasteiger charge is 2.34. The van der Waals surface area contributed by atoms with E-state index in [4.69, 9.17) is 4.74 Å². The van der Waals surface area contributed by atoms with Crippen molar-refractivity contribution in [2.75, 3.05) is 32.8 Å². The maximum atomic E-state index is 13.2. The van der Waals surface area contributed by atoms with Crippen LogP contribution in [0, 0.1) is 13.8 Å². The molecule has 0 spiro atoms. The number of hydrogen-bond donors (Lipinski definition) is 0. The van der Waals surface area contributed by atoms with E-state index in [-0.39, 0.29) is 36.0 Å². The lowest BCUT2D eigenvalue weighted by molar-refractivity contribution is 0.340. The van der Waals surface area contributed by atoms with Crippen LogP contribution in [0.2, 0.25) is 0 Å². The van der Waals surface area contributed by atoms with Crippen molar-refractivity contribution < 1.29 is 21.6 Å². The minimum Gasteiger partial charge on any atom is -0.494 e. The average Bonchev–Trinajstić information content (AvgIpc) is 2.87. The van der Waals surface area contributed by atoms with Gasteiger partial charge in [-0.1, -0.05) is 0 Å². The van der Waals surface area contributed by atoms with Gasteiger partial charge in [-0.15, -0.1) is 0 Å². The van der Waals surface area contributed by atoms with Gasteiger partial charge in [-0.3, -0.25) is 4.68 Å². The molecule has 0 unspecified atom stereocenters. The van der Waals surface area contributed by atoms with Gasteiger partial charge in [-0.05, 0) is 51.5 Å². The lowest BCUT2D eigenvalue weighted by Gasteiger charge is -2.22. The number of nitrogens with zero attached hydrogens (tertiary/aromatic N) is 4. The molecule has 0 N–H and O–H groups in total. The summed E-state index contributed by atoms with van der Waals surface area (Å²) in [7, 11) is -5.78. The fourth-order valence-corrected chi connectivity index (χ4v) is 6.97. The first-order chi connectivity index (χ1) is 14.1. The molecule has 1 aromatic heterocycles. The number of ether oxygens (including phenoxy) is 1. The molecule has 1 aliphatic heterocycles. The number of aryl methyl sites for hydroxylation is 2. The largest absolute Gasteiger partial charge is 0.494 e. The van der Waals surface area contributed by atoms with Gasteiger partial charge in [0.25, 0.3) is 0 Å². The molecule has 1 fully saturated rings. The molecule has 0 saturated carbocycles. The quantitative estimate of drug-likeness (QED) is 0.653. The topological polar surface area (TPSA) is 102 Å². The minimum absolute atomic E-state index is 0.0896. The van der Waals surface area contributed by atoms with Gasteiger partial charge in [-0.2, -0.15) is 13.7 Å². The van der Waals surface area contributed by atoms with Crippen LogP contribution < -0.4 is 4.74 Å². The summed E-state index contributed by atoms with van der Waals surface area (Å²) in [5, 5.41) is 4.20. The van der Waals surface area contributed by atoms with Gasteiger partial charge in [0, 0.05) is 33.2 Å². The van der Waals surface area contributed by atoms with E-state index in [1.165, 1.54) is 20.7 Å². The molecule has 166 valence electrons. The zero-order valence-electron chi connectivity index (χ0n) is 17.7. The minimum atomic E-state index is -3.76. The number of benzene rings is 1. The second-order valence-electron chi connectivity index (χ2n) is 7.19. The van der Waals surface area contributed by atoms with Crippen LogP contribution in [0.1, 0.15) is 24.7 Å². The van der Waals surface area contributed by atoms with Gasteiger partial charge in [0.1, 0.15) is 10.6 Å². The number of sulfonamides is 2. The van der Waals surface area contributed by atoms with E-state index in [1.54, 1.807) is 37.7 Å². The predicted molar refractivity (Wildman–Crippen MR) is 112 cm³/mol. The van der Waals surface area contributed by atoms with E-state index in [0.717, 1.165) is 0 Å². The van der Waals surface area contributed by atoms with Crippen LogP contribution in [0.25, 0.3) is 0 Å². The van der Waals surface area contributed by atoms with Crippen LogP contribution in [0.4, 0.5) is 0 Å². The second kappa shape index (κ2) is 8.66. The molecular weight excluding hydrogens is 428 g/mol. The zero-order chi connectivity index (χ0) is 22.1. The van der Waals surface area contributed by atoms with E-state index >= 15 is 0 Å². The smallest absolute Gasteiger partial charge is 0.246 e. The van der Waals surface area contributed by atoms with Gasteiger partial charge in [0.15, 0.2) is 0 Å². The van der Waals surface area contributed by atoms with Crippen LogP contribution in [0.15, 0.2) is 34.1 Å². The number of rotatable bonds is 6. The Balaban J connectivity index is 1.80. The first kappa shape index (κ1) is 22.7. The van der Waals surface area contributed by atoms with Crippen molar-refractivity contribution >= 4 is 20.0 Å². The first-order valence-corrected chi connectivity index (χ1v) is 12.7. The van der Waals surface area contributed by atoms with Crippen LogP contribution in [-0.2, 0) is 27.1 Å². The van der Waals surface area contributed by atoms with Crippen LogP contribution >= 0.6 is 0 Å². The highest BCUT2D eigenvalue weighted by molar-refractivity contribution is 7.89. The van der Waals surface area contributed by atoms with Crippen molar-refractivity contribution in [2.24, 2.45) is 7.05 Å². The van der Waals surface area contributed by atoms with Crippen molar-refractivity contribution in [3.8, 4) is 5.75 Å². The number of aromatic nitrogens is 2. The van der Waals surface area contributed by atoms with E-state index in [2.05, 4.69) is 5.10 Å². The lowest BCUT2D eigenvalue weighted by Crippen LogP contribution is -2.37. The maximum absolute atomic E-state index is 13.2. The van der Waals surface area contributed by atoms with Crippen molar-refractivity contribution in [2.45, 2.75) is 37.0 Å². The average molecular weight is 457 g/mol. The summed E-state index contributed by atoms with van der Waals surface area (Å²) in [5.74, 6) is 0.604. The highest BCUT2D eigenvalue weighted by Crippen LogP contribution is 2.26. The fraction of sp³-hybridized carbons (Fsp3) is 0.526.